The molecular formula is C21H23N3O3S. The van der Waals surface area contributed by atoms with Crippen LogP contribution in [0.4, 0.5) is 16.2 Å². The van der Waals surface area contributed by atoms with Crippen molar-refractivity contribution in [2.24, 2.45) is 0 Å². The molecule has 2 aromatic rings. The van der Waals surface area contributed by atoms with Gasteiger partial charge in [0.05, 0.1) is 12.3 Å². The monoisotopic (exact) mass is 397 g/mol. The van der Waals surface area contributed by atoms with Gasteiger partial charge < -0.3 is 15.0 Å². The number of hydrogen-bond donors (Lipinski definition) is 1. The Morgan fingerprint density at radius 3 is 2.71 bits per heavy atom. The van der Waals surface area contributed by atoms with E-state index in [1.54, 1.807) is 16.9 Å². The number of nitrogens with zero attached hydrogens (tertiary/aromatic N) is 2. The number of urea groups is 1. The average molecular weight is 398 g/mol. The Bertz CT molecular complexity index is 902. The minimum atomic E-state index is -1.01. The lowest BCUT2D eigenvalue weighted by Crippen LogP contribution is -2.52. The molecule has 2 aliphatic rings. The maximum absolute atomic E-state index is 13.5. The number of aryl methyl sites for hydroxylation is 1. The molecule has 3 amide bonds. The van der Waals surface area contributed by atoms with Gasteiger partial charge in [-0.3, -0.25) is 9.69 Å². The van der Waals surface area contributed by atoms with Gasteiger partial charge in [0.1, 0.15) is 0 Å². The third-order valence-corrected chi connectivity index (χ3v) is 6.59. The number of hydrogen-bond acceptors (Lipinski definition) is 4. The van der Waals surface area contributed by atoms with Gasteiger partial charge in [-0.1, -0.05) is 35.9 Å². The molecule has 1 unspecified atom stereocenters. The summed E-state index contributed by atoms with van der Waals surface area (Å²) in [7, 11) is 1.62. The van der Waals surface area contributed by atoms with Gasteiger partial charge in [0.15, 0.2) is 4.87 Å². The third-order valence-electron chi connectivity index (χ3n) is 5.17. The molecule has 2 aliphatic heterocycles. The molecule has 2 heterocycles. The maximum Gasteiger partial charge on any atom is 0.323 e. The van der Waals surface area contributed by atoms with Crippen LogP contribution < -0.4 is 10.2 Å². The van der Waals surface area contributed by atoms with Crippen LogP contribution in [0.1, 0.15) is 11.1 Å². The molecule has 0 aliphatic carbocycles. The first-order chi connectivity index (χ1) is 13.6. The number of fused-ring (bicyclic) bond motifs is 2. The molecule has 0 saturated carbocycles. The summed E-state index contributed by atoms with van der Waals surface area (Å²) in [6.07, 6.45) is 0. The summed E-state index contributed by atoms with van der Waals surface area (Å²) in [5.41, 5.74) is 3.57. The Hall–Kier alpha value is -2.51. The Morgan fingerprint density at radius 2 is 1.96 bits per heavy atom. The van der Waals surface area contributed by atoms with Crippen LogP contribution >= 0.6 is 11.8 Å². The third kappa shape index (κ3) is 2.95. The minimum Gasteiger partial charge on any atom is -0.383 e. The molecule has 6 nitrogen and oxygen atoms in total. The summed E-state index contributed by atoms with van der Waals surface area (Å²) in [6, 6.07) is 15.1. The number of methoxy groups -OCH3 is 1. The van der Waals surface area contributed by atoms with Crippen LogP contribution in [0.15, 0.2) is 48.5 Å². The highest BCUT2D eigenvalue weighted by Crippen LogP contribution is 2.54. The molecule has 0 aromatic heterocycles. The SMILES string of the molecule is COCCN1C(=O)C2(SCCN2C(=O)Nc2ccc(C)cc2)c2ccccc21. The van der Waals surface area contributed by atoms with Crippen molar-refractivity contribution in [2.75, 3.05) is 42.8 Å². The van der Waals surface area contributed by atoms with E-state index in [0.717, 1.165) is 22.5 Å². The Labute approximate surface area is 168 Å². The molecule has 1 N–H and O–H groups in total. The maximum atomic E-state index is 13.5. The first kappa shape index (κ1) is 18.8. The molecule has 1 spiro atoms. The van der Waals surface area contributed by atoms with Gasteiger partial charge in [-0.05, 0) is 25.1 Å². The van der Waals surface area contributed by atoms with Crippen molar-refractivity contribution < 1.29 is 14.3 Å². The van der Waals surface area contributed by atoms with Crippen LogP contribution in [0.25, 0.3) is 0 Å². The predicted molar refractivity (Wildman–Crippen MR) is 112 cm³/mol. The zero-order valence-electron chi connectivity index (χ0n) is 16.0. The topological polar surface area (TPSA) is 61.9 Å². The summed E-state index contributed by atoms with van der Waals surface area (Å²) in [5, 5.41) is 2.95. The second kappa shape index (κ2) is 7.48. The number of para-hydroxylation sites is 1. The van der Waals surface area contributed by atoms with Gasteiger partial charge in [0.25, 0.3) is 5.91 Å². The van der Waals surface area contributed by atoms with Crippen LogP contribution in [0, 0.1) is 6.92 Å². The van der Waals surface area contributed by atoms with Crippen molar-refractivity contribution in [3.05, 3.63) is 59.7 Å². The van der Waals surface area contributed by atoms with Crippen molar-refractivity contribution in [3.8, 4) is 0 Å². The average Bonchev–Trinajstić information content (AvgIpc) is 3.25. The van der Waals surface area contributed by atoms with Crippen LogP contribution in [0.3, 0.4) is 0 Å². The number of benzene rings is 2. The minimum absolute atomic E-state index is 0.0766. The van der Waals surface area contributed by atoms with Gasteiger partial charge >= 0.3 is 6.03 Å². The van der Waals surface area contributed by atoms with E-state index in [0.29, 0.717) is 25.4 Å². The number of ether oxygens (including phenoxy) is 1. The lowest BCUT2D eigenvalue weighted by Gasteiger charge is -2.33. The smallest absolute Gasteiger partial charge is 0.323 e. The molecule has 0 bridgehead atoms. The van der Waals surface area contributed by atoms with Crippen molar-refractivity contribution in [1.29, 1.82) is 0 Å². The highest BCUT2D eigenvalue weighted by Gasteiger charge is 2.59. The number of carbonyl (C=O) groups excluding carboxylic acids is 2. The zero-order valence-corrected chi connectivity index (χ0v) is 16.8. The fourth-order valence-corrected chi connectivity index (χ4v) is 5.26. The largest absolute Gasteiger partial charge is 0.383 e. The quantitative estimate of drug-likeness (QED) is 0.859. The number of carbonyl (C=O) groups is 2. The number of anilines is 2. The summed E-state index contributed by atoms with van der Waals surface area (Å²) in [5.74, 6) is 0.631. The highest BCUT2D eigenvalue weighted by atomic mass is 32.2. The number of nitrogens with one attached hydrogen (secondary N) is 1. The van der Waals surface area contributed by atoms with Gasteiger partial charge in [-0.25, -0.2) is 4.79 Å². The molecule has 0 radical (unpaired) electrons. The van der Waals surface area contributed by atoms with Gasteiger partial charge in [0.2, 0.25) is 0 Å². The lowest BCUT2D eigenvalue weighted by molar-refractivity contribution is -0.123. The molecule has 1 atom stereocenters. The van der Waals surface area contributed by atoms with E-state index in [2.05, 4.69) is 5.32 Å². The van der Waals surface area contributed by atoms with Crippen molar-refractivity contribution >= 4 is 35.1 Å². The molecule has 1 saturated heterocycles. The molecule has 2 aromatic carbocycles. The van der Waals surface area contributed by atoms with E-state index in [4.69, 9.17) is 4.74 Å². The van der Waals surface area contributed by atoms with Crippen LogP contribution in [0.2, 0.25) is 0 Å². The molecule has 146 valence electrons. The second-order valence-electron chi connectivity index (χ2n) is 6.91. The Balaban J connectivity index is 1.68. The molecule has 28 heavy (non-hydrogen) atoms. The normalized spacial score (nSPS) is 20.7. The summed E-state index contributed by atoms with van der Waals surface area (Å²) in [4.78, 5) is 29.1. The van der Waals surface area contributed by atoms with Gasteiger partial charge in [-0.15, -0.1) is 11.8 Å². The lowest BCUT2D eigenvalue weighted by atomic mass is 10.1. The predicted octanol–water partition coefficient (Wildman–Crippen LogP) is 3.42. The van der Waals surface area contributed by atoms with E-state index in [9.17, 15) is 9.59 Å². The Kier molecular flexibility index (Phi) is 5.03. The molecule has 1 fully saturated rings. The number of thioether (sulfide) groups is 1. The standard InChI is InChI=1S/C21H23N3O3S/c1-15-7-9-16(10-8-15)22-20(26)24-12-14-28-21(24)17-5-3-4-6-18(17)23(19(21)25)11-13-27-2/h3-10H,11-14H2,1-2H3,(H,22,26). The molecular weight excluding hydrogens is 374 g/mol. The van der Waals surface area contributed by atoms with Crippen molar-refractivity contribution in [3.63, 3.8) is 0 Å². The van der Waals surface area contributed by atoms with Gasteiger partial charge in [0, 0.05) is 37.2 Å². The van der Waals surface area contributed by atoms with E-state index in [-0.39, 0.29) is 11.9 Å². The second-order valence-corrected chi connectivity index (χ2v) is 8.19. The number of amides is 3. The van der Waals surface area contributed by atoms with Crippen molar-refractivity contribution in [1.82, 2.24) is 4.90 Å². The number of rotatable bonds is 4. The summed E-state index contributed by atoms with van der Waals surface area (Å²) in [6.45, 7) is 3.42. The fourth-order valence-electron chi connectivity index (χ4n) is 3.80. The van der Waals surface area contributed by atoms with Crippen LogP contribution in [-0.4, -0.2) is 49.4 Å². The van der Waals surface area contributed by atoms with Gasteiger partial charge in [-0.2, -0.15) is 0 Å². The summed E-state index contributed by atoms with van der Waals surface area (Å²) < 4.78 is 5.19. The Morgan fingerprint density at radius 1 is 1.21 bits per heavy atom. The van der Waals surface area contributed by atoms with Crippen molar-refractivity contribution in [2.45, 2.75) is 11.8 Å². The van der Waals surface area contributed by atoms with Crippen LogP contribution in [-0.2, 0) is 14.4 Å². The first-order valence-electron chi connectivity index (χ1n) is 9.27. The molecule has 7 heteroatoms. The van der Waals surface area contributed by atoms with Crippen LogP contribution in [0.5, 0.6) is 0 Å². The van der Waals surface area contributed by atoms with E-state index >= 15 is 0 Å². The highest BCUT2D eigenvalue weighted by molar-refractivity contribution is 8.01. The summed E-state index contributed by atoms with van der Waals surface area (Å²) >= 11 is 1.52. The zero-order chi connectivity index (χ0) is 19.7. The van der Waals surface area contributed by atoms with E-state index < -0.39 is 4.87 Å². The van der Waals surface area contributed by atoms with E-state index in [1.807, 2.05) is 55.5 Å². The fraction of sp³-hybridized carbons (Fsp3) is 0.333. The van der Waals surface area contributed by atoms with E-state index in [1.165, 1.54) is 11.8 Å². The first-order valence-corrected chi connectivity index (χ1v) is 10.3. The molecule has 4 rings (SSSR count).